The predicted molar refractivity (Wildman–Crippen MR) is 52.7 cm³/mol. The molecular formula is C10H18N2. The largest absolute Gasteiger partial charge is 0.322 e. The molecule has 0 radical (unpaired) electrons. The summed E-state index contributed by atoms with van der Waals surface area (Å²) in [6.45, 7) is 8.20. The molecule has 4 N–H and O–H groups in total. The lowest BCUT2D eigenvalue weighted by Crippen LogP contribution is -2.53. The van der Waals surface area contributed by atoms with E-state index in [0.717, 1.165) is 0 Å². The van der Waals surface area contributed by atoms with Crippen molar-refractivity contribution in [3.63, 3.8) is 0 Å². The number of hydrogen-bond acceptors (Lipinski definition) is 2. The summed E-state index contributed by atoms with van der Waals surface area (Å²) >= 11 is 0. The highest BCUT2D eigenvalue weighted by molar-refractivity contribution is 5.43. The molecule has 0 aromatic heterocycles. The van der Waals surface area contributed by atoms with Crippen molar-refractivity contribution in [3.05, 3.63) is 22.8 Å². The Labute approximate surface area is 74.3 Å². The van der Waals surface area contributed by atoms with E-state index in [-0.39, 0.29) is 11.6 Å². The van der Waals surface area contributed by atoms with E-state index >= 15 is 0 Å². The summed E-state index contributed by atoms with van der Waals surface area (Å²) < 4.78 is 0. The summed E-state index contributed by atoms with van der Waals surface area (Å²) in [5.74, 6) is 0. The van der Waals surface area contributed by atoms with Crippen molar-refractivity contribution in [3.8, 4) is 0 Å². The molecule has 1 aliphatic carbocycles. The van der Waals surface area contributed by atoms with Crippen LogP contribution in [0.4, 0.5) is 0 Å². The van der Waals surface area contributed by atoms with Gasteiger partial charge < -0.3 is 11.5 Å². The second kappa shape index (κ2) is 2.71. The van der Waals surface area contributed by atoms with Crippen LogP contribution in [0.5, 0.6) is 0 Å². The summed E-state index contributed by atoms with van der Waals surface area (Å²) in [6.07, 6.45) is 2.06. The van der Waals surface area contributed by atoms with Crippen molar-refractivity contribution < 1.29 is 0 Å². The molecular weight excluding hydrogens is 148 g/mol. The molecule has 2 heteroatoms. The number of nitrogens with two attached hydrogens (primary N) is 2. The van der Waals surface area contributed by atoms with Crippen LogP contribution >= 0.6 is 0 Å². The van der Waals surface area contributed by atoms with Gasteiger partial charge in [-0.2, -0.15) is 0 Å². The third-order valence-electron chi connectivity index (χ3n) is 2.85. The summed E-state index contributed by atoms with van der Waals surface area (Å²) in [6, 6.07) is -0.0406. The molecule has 68 valence electrons. The molecule has 2 atom stereocenters. The van der Waals surface area contributed by atoms with Crippen LogP contribution in [0.3, 0.4) is 0 Å². The zero-order valence-electron chi connectivity index (χ0n) is 8.31. The standard InChI is InChI=1S/C10H18N2/c1-6-5-10(4,12)9(11)8(3)7(6)2/h5,9H,11-12H2,1-4H3. The molecule has 0 saturated heterocycles. The van der Waals surface area contributed by atoms with Crippen LogP contribution in [0.2, 0.25) is 0 Å². The van der Waals surface area contributed by atoms with Gasteiger partial charge in [0.05, 0.1) is 5.54 Å². The molecule has 0 aromatic rings. The lowest BCUT2D eigenvalue weighted by molar-refractivity contribution is 0.488. The molecule has 2 unspecified atom stereocenters. The second-order valence-electron chi connectivity index (χ2n) is 3.98. The molecule has 0 aliphatic heterocycles. The minimum Gasteiger partial charge on any atom is -0.322 e. The predicted octanol–water partition coefficient (Wildman–Crippen LogP) is 1.33. The minimum atomic E-state index is -0.381. The van der Waals surface area contributed by atoms with E-state index in [1.807, 2.05) is 6.92 Å². The van der Waals surface area contributed by atoms with Gasteiger partial charge in [0, 0.05) is 6.04 Å². The maximum absolute atomic E-state index is 6.03. The van der Waals surface area contributed by atoms with Crippen LogP contribution in [-0.2, 0) is 0 Å². The Balaban J connectivity index is 3.15. The number of hydrogen-bond donors (Lipinski definition) is 2. The lowest BCUT2D eigenvalue weighted by atomic mass is 9.79. The van der Waals surface area contributed by atoms with Gasteiger partial charge >= 0.3 is 0 Å². The molecule has 12 heavy (non-hydrogen) atoms. The Morgan fingerprint density at radius 2 is 1.83 bits per heavy atom. The van der Waals surface area contributed by atoms with E-state index in [1.165, 1.54) is 16.7 Å². The van der Waals surface area contributed by atoms with E-state index in [1.54, 1.807) is 0 Å². The van der Waals surface area contributed by atoms with Crippen molar-refractivity contribution in [2.75, 3.05) is 0 Å². The van der Waals surface area contributed by atoms with Crippen LogP contribution in [0.1, 0.15) is 27.7 Å². The molecule has 0 fully saturated rings. The topological polar surface area (TPSA) is 52.0 Å². The average molecular weight is 166 g/mol. The minimum absolute atomic E-state index is 0.0406. The average Bonchev–Trinajstić information content (AvgIpc) is 1.97. The van der Waals surface area contributed by atoms with Crippen LogP contribution < -0.4 is 11.5 Å². The summed E-state index contributed by atoms with van der Waals surface area (Å²) in [4.78, 5) is 0. The molecule has 1 aliphatic rings. The van der Waals surface area contributed by atoms with E-state index in [2.05, 4.69) is 26.8 Å². The molecule has 1 rings (SSSR count). The van der Waals surface area contributed by atoms with Crippen molar-refractivity contribution in [1.82, 2.24) is 0 Å². The second-order valence-corrected chi connectivity index (χ2v) is 3.98. The molecule has 0 saturated carbocycles. The first-order valence-electron chi connectivity index (χ1n) is 4.28. The van der Waals surface area contributed by atoms with Gasteiger partial charge in [0.2, 0.25) is 0 Å². The third kappa shape index (κ3) is 1.32. The Morgan fingerprint density at radius 3 is 2.33 bits per heavy atom. The van der Waals surface area contributed by atoms with E-state index < -0.39 is 0 Å². The van der Waals surface area contributed by atoms with Crippen molar-refractivity contribution in [2.45, 2.75) is 39.3 Å². The maximum atomic E-state index is 6.03. The Morgan fingerprint density at radius 1 is 1.33 bits per heavy atom. The van der Waals surface area contributed by atoms with E-state index in [4.69, 9.17) is 11.5 Å². The number of rotatable bonds is 0. The lowest BCUT2D eigenvalue weighted by Gasteiger charge is -2.35. The SMILES string of the molecule is CC1=CC(C)(N)C(N)C(C)=C1C. The normalized spacial score (nSPS) is 36.8. The molecule has 0 heterocycles. The maximum Gasteiger partial charge on any atom is 0.0509 e. The van der Waals surface area contributed by atoms with E-state index in [9.17, 15) is 0 Å². The zero-order chi connectivity index (χ0) is 9.52. The summed E-state index contributed by atoms with van der Waals surface area (Å²) in [5.41, 5.74) is 15.4. The van der Waals surface area contributed by atoms with Gasteiger partial charge in [-0.3, -0.25) is 0 Å². The Kier molecular flexibility index (Phi) is 2.15. The smallest absolute Gasteiger partial charge is 0.0509 e. The van der Waals surface area contributed by atoms with E-state index in [0.29, 0.717) is 0 Å². The highest BCUT2D eigenvalue weighted by atomic mass is 14.8. The third-order valence-corrected chi connectivity index (χ3v) is 2.85. The Hall–Kier alpha value is -0.600. The van der Waals surface area contributed by atoms with Gasteiger partial charge in [0.15, 0.2) is 0 Å². The van der Waals surface area contributed by atoms with Crippen molar-refractivity contribution >= 4 is 0 Å². The molecule has 0 bridgehead atoms. The van der Waals surface area contributed by atoms with Crippen LogP contribution in [0.15, 0.2) is 22.8 Å². The van der Waals surface area contributed by atoms with Gasteiger partial charge in [0.1, 0.15) is 0 Å². The van der Waals surface area contributed by atoms with Crippen LogP contribution in [-0.4, -0.2) is 11.6 Å². The van der Waals surface area contributed by atoms with Gasteiger partial charge in [-0.15, -0.1) is 0 Å². The highest BCUT2D eigenvalue weighted by Gasteiger charge is 2.30. The quantitative estimate of drug-likeness (QED) is 0.570. The number of allylic oxidation sites excluding steroid dienone is 2. The van der Waals surface area contributed by atoms with Gasteiger partial charge in [0.25, 0.3) is 0 Å². The fraction of sp³-hybridized carbons (Fsp3) is 0.600. The fourth-order valence-electron chi connectivity index (χ4n) is 1.68. The highest BCUT2D eigenvalue weighted by Crippen LogP contribution is 2.28. The van der Waals surface area contributed by atoms with Gasteiger partial charge in [-0.1, -0.05) is 17.2 Å². The summed E-state index contributed by atoms with van der Waals surface area (Å²) in [7, 11) is 0. The first-order valence-corrected chi connectivity index (χ1v) is 4.28. The van der Waals surface area contributed by atoms with Crippen LogP contribution in [0.25, 0.3) is 0 Å². The monoisotopic (exact) mass is 166 g/mol. The summed E-state index contributed by atoms with van der Waals surface area (Å²) in [5, 5.41) is 0. The molecule has 2 nitrogen and oxygen atoms in total. The fourth-order valence-corrected chi connectivity index (χ4v) is 1.68. The van der Waals surface area contributed by atoms with Crippen molar-refractivity contribution in [1.29, 1.82) is 0 Å². The first kappa shape index (κ1) is 9.49. The zero-order valence-corrected chi connectivity index (χ0v) is 8.31. The molecule has 0 aromatic carbocycles. The Bertz CT molecular complexity index is 259. The van der Waals surface area contributed by atoms with Crippen molar-refractivity contribution in [2.24, 2.45) is 11.5 Å². The molecule has 0 amide bonds. The molecule has 0 spiro atoms. The van der Waals surface area contributed by atoms with Crippen LogP contribution in [0, 0.1) is 0 Å². The first-order chi connectivity index (χ1) is 5.36. The van der Waals surface area contributed by atoms with Gasteiger partial charge in [-0.05, 0) is 33.3 Å². The van der Waals surface area contributed by atoms with Gasteiger partial charge in [-0.25, -0.2) is 0 Å².